The van der Waals surface area contributed by atoms with E-state index in [1.807, 2.05) is 25.2 Å². The highest BCUT2D eigenvalue weighted by molar-refractivity contribution is 5.30. The Morgan fingerprint density at radius 3 is 2.95 bits per heavy atom. The molecule has 1 aromatic rings. The molecular weight excluding hydrogens is 240 g/mol. The monoisotopic (exact) mass is 266 g/mol. The average Bonchev–Trinajstić information content (AvgIpc) is 2.77. The van der Waals surface area contributed by atoms with Crippen LogP contribution in [0.25, 0.3) is 0 Å². The Labute approximate surface area is 116 Å². The zero-order chi connectivity index (χ0) is 13.7. The number of hydrogen-bond donors (Lipinski definition) is 1. The topological polar surface area (TPSA) is 42.3 Å². The first-order valence-corrected chi connectivity index (χ1v) is 7.18. The van der Waals surface area contributed by atoms with Crippen LogP contribution in [-0.2, 0) is 18.3 Å². The second-order valence-corrected chi connectivity index (χ2v) is 5.46. The van der Waals surface area contributed by atoms with Gasteiger partial charge in [0, 0.05) is 34.3 Å². The molecule has 1 N–H and O–H groups in total. The van der Waals surface area contributed by atoms with Crippen molar-refractivity contribution in [1.82, 2.24) is 14.9 Å². The molecule has 2 heterocycles. The highest BCUT2D eigenvalue weighted by Crippen LogP contribution is 2.15. The predicted molar refractivity (Wildman–Crippen MR) is 77.4 cm³/mol. The van der Waals surface area contributed by atoms with Crippen molar-refractivity contribution in [2.75, 3.05) is 32.1 Å². The van der Waals surface area contributed by atoms with E-state index >= 15 is 0 Å². The highest BCUT2D eigenvalue weighted by atomic mass is 16.5. The van der Waals surface area contributed by atoms with Crippen LogP contribution in [-0.4, -0.2) is 42.9 Å². The van der Waals surface area contributed by atoms with Crippen LogP contribution >= 0.6 is 0 Å². The van der Waals surface area contributed by atoms with Gasteiger partial charge >= 0.3 is 0 Å². The molecule has 1 aliphatic rings. The molecule has 1 atom stereocenters. The molecule has 1 saturated heterocycles. The normalized spacial score (nSPS) is 19.6. The van der Waals surface area contributed by atoms with Gasteiger partial charge in [-0.25, -0.2) is 4.98 Å². The summed E-state index contributed by atoms with van der Waals surface area (Å²) >= 11 is 0. The molecule has 1 unspecified atom stereocenters. The summed E-state index contributed by atoms with van der Waals surface area (Å²) in [5, 5.41) is 3.48. The zero-order valence-corrected chi connectivity index (χ0v) is 12.4. The van der Waals surface area contributed by atoms with Gasteiger partial charge in [-0.15, -0.1) is 0 Å². The van der Waals surface area contributed by atoms with Crippen molar-refractivity contribution >= 4 is 5.95 Å². The standard InChI is InChI=1S/C14H26N4O/c1-17(2)14-16-11-12(18(14)3)10-15-8-7-13-6-4-5-9-19-13/h11,13,15H,4-10H2,1-3H3. The maximum atomic E-state index is 5.73. The maximum absolute atomic E-state index is 5.73. The Morgan fingerprint density at radius 2 is 2.32 bits per heavy atom. The highest BCUT2D eigenvalue weighted by Gasteiger charge is 2.13. The number of anilines is 1. The van der Waals surface area contributed by atoms with Gasteiger partial charge < -0.3 is 19.5 Å². The third kappa shape index (κ3) is 3.94. The molecule has 0 amide bonds. The number of nitrogens with one attached hydrogen (secondary N) is 1. The van der Waals surface area contributed by atoms with Crippen LogP contribution in [0.1, 0.15) is 31.4 Å². The van der Waals surface area contributed by atoms with Gasteiger partial charge in [-0.3, -0.25) is 0 Å². The van der Waals surface area contributed by atoms with E-state index in [2.05, 4.69) is 21.9 Å². The molecule has 0 spiro atoms. The van der Waals surface area contributed by atoms with Crippen LogP contribution in [0.4, 0.5) is 5.95 Å². The second kappa shape index (κ2) is 6.91. The van der Waals surface area contributed by atoms with E-state index in [1.165, 1.54) is 25.0 Å². The molecular formula is C14H26N4O. The Bertz CT molecular complexity index is 383. The van der Waals surface area contributed by atoms with Crippen molar-refractivity contribution in [2.24, 2.45) is 7.05 Å². The average molecular weight is 266 g/mol. The van der Waals surface area contributed by atoms with Crippen LogP contribution < -0.4 is 10.2 Å². The first-order chi connectivity index (χ1) is 9.18. The summed E-state index contributed by atoms with van der Waals surface area (Å²) < 4.78 is 7.85. The Hall–Kier alpha value is -1.07. The van der Waals surface area contributed by atoms with Crippen molar-refractivity contribution in [1.29, 1.82) is 0 Å². The van der Waals surface area contributed by atoms with Crippen LogP contribution in [0, 0.1) is 0 Å². The molecule has 0 saturated carbocycles. The minimum absolute atomic E-state index is 0.463. The van der Waals surface area contributed by atoms with Gasteiger partial charge in [0.15, 0.2) is 0 Å². The fourth-order valence-electron chi connectivity index (χ4n) is 2.53. The van der Waals surface area contributed by atoms with E-state index in [1.54, 1.807) is 0 Å². The summed E-state index contributed by atoms with van der Waals surface area (Å²) in [6.07, 6.45) is 7.28. The van der Waals surface area contributed by atoms with Gasteiger partial charge in [0.1, 0.15) is 0 Å². The quantitative estimate of drug-likeness (QED) is 0.793. The van der Waals surface area contributed by atoms with Gasteiger partial charge in [0.2, 0.25) is 5.95 Å². The van der Waals surface area contributed by atoms with E-state index in [0.29, 0.717) is 6.10 Å². The van der Waals surface area contributed by atoms with Crippen LogP contribution in [0.3, 0.4) is 0 Å². The van der Waals surface area contributed by atoms with Crippen LogP contribution in [0.5, 0.6) is 0 Å². The van der Waals surface area contributed by atoms with Gasteiger partial charge in [-0.2, -0.15) is 0 Å². The summed E-state index contributed by atoms with van der Waals surface area (Å²) in [5.74, 6) is 0.993. The number of ether oxygens (including phenoxy) is 1. The lowest BCUT2D eigenvalue weighted by atomic mass is 10.1. The minimum Gasteiger partial charge on any atom is -0.378 e. The molecule has 19 heavy (non-hydrogen) atoms. The van der Waals surface area contributed by atoms with Crippen LogP contribution in [0.15, 0.2) is 6.20 Å². The van der Waals surface area contributed by atoms with E-state index < -0.39 is 0 Å². The number of rotatable bonds is 6. The van der Waals surface area contributed by atoms with Crippen molar-refractivity contribution in [2.45, 2.75) is 38.3 Å². The van der Waals surface area contributed by atoms with E-state index in [4.69, 9.17) is 4.74 Å². The van der Waals surface area contributed by atoms with Gasteiger partial charge in [-0.1, -0.05) is 0 Å². The van der Waals surface area contributed by atoms with Crippen molar-refractivity contribution < 1.29 is 4.74 Å². The number of hydrogen-bond acceptors (Lipinski definition) is 4. The lowest BCUT2D eigenvalue weighted by molar-refractivity contribution is 0.0115. The molecule has 0 aromatic carbocycles. The van der Waals surface area contributed by atoms with Gasteiger partial charge in [-0.05, 0) is 32.2 Å². The SMILES string of the molecule is CN(C)c1ncc(CNCCC2CCCCO2)n1C. The molecule has 2 rings (SSSR count). The fourth-order valence-corrected chi connectivity index (χ4v) is 2.53. The molecule has 1 aromatic heterocycles. The minimum atomic E-state index is 0.463. The number of nitrogens with zero attached hydrogens (tertiary/aromatic N) is 3. The molecule has 0 radical (unpaired) electrons. The van der Waals surface area contributed by atoms with E-state index in [0.717, 1.165) is 32.1 Å². The molecule has 1 aliphatic heterocycles. The lowest BCUT2D eigenvalue weighted by Gasteiger charge is -2.22. The molecule has 5 nitrogen and oxygen atoms in total. The summed E-state index contributed by atoms with van der Waals surface area (Å²) in [6.45, 7) is 2.82. The first-order valence-electron chi connectivity index (χ1n) is 7.18. The van der Waals surface area contributed by atoms with Gasteiger partial charge in [0.25, 0.3) is 0 Å². The molecule has 5 heteroatoms. The number of aromatic nitrogens is 2. The summed E-state index contributed by atoms with van der Waals surface area (Å²) in [4.78, 5) is 6.44. The number of imidazole rings is 1. The molecule has 1 fully saturated rings. The molecule has 0 bridgehead atoms. The van der Waals surface area contributed by atoms with Crippen molar-refractivity contribution in [3.63, 3.8) is 0 Å². The van der Waals surface area contributed by atoms with E-state index in [9.17, 15) is 0 Å². The Kier molecular flexibility index (Phi) is 5.22. The smallest absolute Gasteiger partial charge is 0.204 e. The molecule has 0 aliphatic carbocycles. The van der Waals surface area contributed by atoms with Crippen molar-refractivity contribution in [3.05, 3.63) is 11.9 Å². The maximum Gasteiger partial charge on any atom is 0.204 e. The van der Waals surface area contributed by atoms with Crippen molar-refractivity contribution in [3.8, 4) is 0 Å². The largest absolute Gasteiger partial charge is 0.378 e. The second-order valence-electron chi connectivity index (χ2n) is 5.46. The van der Waals surface area contributed by atoms with Crippen LogP contribution in [0.2, 0.25) is 0 Å². The summed E-state index contributed by atoms with van der Waals surface area (Å²) in [6, 6.07) is 0. The van der Waals surface area contributed by atoms with E-state index in [-0.39, 0.29) is 0 Å². The Balaban J connectivity index is 1.70. The fraction of sp³-hybridized carbons (Fsp3) is 0.786. The third-order valence-corrected chi connectivity index (χ3v) is 3.68. The third-order valence-electron chi connectivity index (χ3n) is 3.68. The first kappa shape index (κ1) is 14.3. The molecule has 108 valence electrons. The Morgan fingerprint density at radius 1 is 1.47 bits per heavy atom. The summed E-state index contributed by atoms with van der Waals surface area (Å²) in [7, 11) is 6.09. The lowest BCUT2D eigenvalue weighted by Crippen LogP contribution is -2.25. The van der Waals surface area contributed by atoms with Gasteiger partial charge in [0.05, 0.1) is 18.0 Å². The predicted octanol–water partition coefficient (Wildman–Crippen LogP) is 1.53. The summed E-state index contributed by atoms with van der Waals surface area (Å²) in [5.41, 5.74) is 1.22. The zero-order valence-electron chi connectivity index (χ0n) is 12.4.